The predicted molar refractivity (Wildman–Crippen MR) is 142 cm³/mol. The van der Waals surface area contributed by atoms with Crippen LogP contribution in [0.2, 0.25) is 0 Å². The number of methoxy groups -OCH3 is 1. The molecule has 0 spiro atoms. The minimum absolute atomic E-state index is 0.00697. The molecule has 2 aliphatic rings. The number of likely N-dealkylation sites (tertiary alicyclic amines) is 1. The molecule has 2 unspecified atom stereocenters. The molecule has 0 radical (unpaired) electrons. The van der Waals surface area contributed by atoms with Crippen LogP contribution >= 0.6 is 0 Å². The van der Waals surface area contributed by atoms with Crippen molar-refractivity contribution in [1.29, 1.82) is 0 Å². The van der Waals surface area contributed by atoms with Crippen LogP contribution in [0.5, 0.6) is 0 Å². The highest BCUT2D eigenvalue weighted by molar-refractivity contribution is 5.80. The molecule has 4 rings (SSSR count). The Hall–Kier alpha value is -2.49. The highest BCUT2D eigenvalue weighted by atomic mass is 16.6. The number of hydrogen-bond acceptors (Lipinski definition) is 6. The molecule has 0 aromatic heterocycles. The van der Waals surface area contributed by atoms with Gasteiger partial charge in [-0.05, 0) is 42.0 Å². The molecule has 0 bridgehead atoms. The van der Waals surface area contributed by atoms with Crippen LogP contribution in [0.15, 0.2) is 48.5 Å². The molecule has 202 valence electrons. The molecule has 0 saturated carbocycles. The van der Waals surface area contributed by atoms with Gasteiger partial charge in [-0.1, -0.05) is 48.5 Å². The van der Waals surface area contributed by atoms with Gasteiger partial charge in [-0.25, -0.2) is 4.79 Å². The van der Waals surface area contributed by atoms with Crippen LogP contribution in [0.4, 0.5) is 4.79 Å². The summed E-state index contributed by atoms with van der Waals surface area (Å²) in [6.07, 6.45) is 0.665. The van der Waals surface area contributed by atoms with Gasteiger partial charge in [0.05, 0.1) is 51.8 Å². The monoisotopic (exact) mass is 512 g/mol. The molecule has 8 nitrogen and oxygen atoms in total. The van der Waals surface area contributed by atoms with E-state index in [2.05, 4.69) is 60.8 Å². The van der Waals surface area contributed by atoms with E-state index in [0.717, 1.165) is 12.8 Å². The zero-order valence-corrected chi connectivity index (χ0v) is 22.0. The Kier molecular flexibility index (Phi) is 9.94. The normalized spacial score (nSPS) is 21.1. The zero-order chi connectivity index (χ0) is 26.1. The van der Waals surface area contributed by atoms with Crippen molar-refractivity contribution in [2.24, 2.45) is 0 Å². The number of rotatable bonds is 14. The summed E-state index contributed by atoms with van der Waals surface area (Å²) in [6, 6.07) is 17.1. The quantitative estimate of drug-likeness (QED) is 0.370. The minimum Gasteiger partial charge on any atom is -0.465 e. The highest BCUT2D eigenvalue weighted by Crippen LogP contribution is 2.53. The summed E-state index contributed by atoms with van der Waals surface area (Å²) < 4.78 is 21.5. The second kappa shape index (κ2) is 13.3. The number of fused-ring (bicyclic) bond motifs is 3. The zero-order valence-electron chi connectivity index (χ0n) is 22.0. The second-order valence-corrected chi connectivity index (χ2v) is 9.87. The summed E-state index contributed by atoms with van der Waals surface area (Å²) in [6.45, 7) is 7.24. The average molecular weight is 513 g/mol. The lowest BCUT2D eigenvalue weighted by molar-refractivity contribution is 0.00291. The van der Waals surface area contributed by atoms with Crippen LogP contribution in [-0.2, 0) is 18.9 Å². The van der Waals surface area contributed by atoms with Gasteiger partial charge < -0.3 is 34.3 Å². The fraction of sp³-hybridized carbons (Fsp3) is 0.552. The summed E-state index contributed by atoms with van der Waals surface area (Å²) in [4.78, 5) is 14.1. The van der Waals surface area contributed by atoms with Crippen LogP contribution in [0.1, 0.15) is 36.8 Å². The Morgan fingerprint density at radius 3 is 2.03 bits per heavy atom. The van der Waals surface area contributed by atoms with Gasteiger partial charge in [-0.3, -0.25) is 0 Å². The Balaban J connectivity index is 1.30. The molecule has 1 saturated heterocycles. The molecule has 2 aromatic rings. The first-order valence-corrected chi connectivity index (χ1v) is 13.2. The molecule has 2 atom stereocenters. The van der Waals surface area contributed by atoms with Crippen molar-refractivity contribution >= 4 is 6.09 Å². The van der Waals surface area contributed by atoms with E-state index in [1.165, 1.54) is 22.3 Å². The van der Waals surface area contributed by atoms with Gasteiger partial charge in [0.2, 0.25) is 0 Å². The molecule has 1 aliphatic carbocycles. The van der Waals surface area contributed by atoms with Gasteiger partial charge in [-0.2, -0.15) is 0 Å². The van der Waals surface area contributed by atoms with Crippen LogP contribution < -0.4 is 5.32 Å². The van der Waals surface area contributed by atoms with Crippen molar-refractivity contribution in [2.75, 3.05) is 66.4 Å². The minimum atomic E-state index is -0.852. The van der Waals surface area contributed by atoms with Crippen molar-refractivity contribution in [2.45, 2.75) is 37.3 Å². The third-order valence-electron chi connectivity index (χ3n) is 7.52. The van der Waals surface area contributed by atoms with Gasteiger partial charge in [0.25, 0.3) is 0 Å². The predicted octanol–water partition coefficient (Wildman–Crippen LogP) is 3.99. The maximum Gasteiger partial charge on any atom is 0.407 e. The average Bonchev–Trinajstić information content (AvgIpc) is 3.24. The van der Waals surface area contributed by atoms with Crippen molar-refractivity contribution in [3.63, 3.8) is 0 Å². The fourth-order valence-electron chi connectivity index (χ4n) is 5.86. The third kappa shape index (κ3) is 6.51. The Bertz CT molecular complexity index is 972. The Morgan fingerprint density at radius 2 is 1.46 bits per heavy atom. The molecule has 1 heterocycles. The summed E-state index contributed by atoms with van der Waals surface area (Å²) in [5, 5.41) is 13.8. The lowest BCUT2D eigenvalue weighted by Gasteiger charge is -2.50. The number of benzene rings is 2. The van der Waals surface area contributed by atoms with Crippen molar-refractivity contribution in [3.8, 4) is 11.1 Å². The second-order valence-electron chi connectivity index (χ2n) is 9.87. The van der Waals surface area contributed by atoms with Gasteiger partial charge in [-0.15, -0.1) is 0 Å². The molecule has 1 aliphatic heterocycles. The maximum atomic E-state index is 12.4. The number of nitrogens with one attached hydrogen (secondary N) is 1. The lowest BCUT2D eigenvalue weighted by atomic mass is 9.71. The van der Waals surface area contributed by atoms with E-state index in [9.17, 15) is 9.90 Å². The highest BCUT2D eigenvalue weighted by Gasteiger charge is 2.50. The van der Waals surface area contributed by atoms with Crippen molar-refractivity contribution in [3.05, 3.63) is 59.7 Å². The summed E-state index contributed by atoms with van der Waals surface area (Å²) in [5.74, 6) is -0.00697. The number of hydrogen-bond donors (Lipinski definition) is 2. The molecule has 1 amide bonds. The number of amides is 1. The fourth-order valence-corrected chi connectivity index (χ4v) is 5.86. The summed E-state index contributed by atoms with van der Waals surface area (Å²) >= 11 is 0. The number of piperidine rings is 1. The van der Waals surface area contributed by atoms with Crippen LogP contribution in [0, 0.1) is 0 Å². The smallest absolute Gasteiger partial charge is 0.407 e. The lowest BCUT2D eigenvalue weighted by Crippen LogP contribution is -2.60. The van der Waals surface area contributed by atoms with E-state index in [4.69, 9.17) is 18.9 Å². The Labute approximate surface area is 219 Å². The third-order valence-corrected chi connectivity index (χ3v) is 7.52. The number of carbonyl (C=O) groups is 1. The van der Waals surface area contributed by atoms with Gasteiger partial charge in [0, 0.05) is 32.2 Å². The maximum absolute atomic E-state index is 12.4. The van der Waals surface area contributed by atoms with Gasteiger partial charge >= 0.3 is 6.09 Å². The first kappa shape index (κ1) is 27.5. The molecular formula is C29H40N2O6. The van der Waals surface area contributed by atoms with Crippen LogP contribution in [-0.4, -0.2) is 94.1 Å². The first-order chi connectivity index (χ1) is 18.1. The summed E-state index contributed by atoms with van der Waals surface area (Å²) in [5.41, 5.74) is 4.28. The number of carboxylic acid groups (broad SMARTS) is 1. The van der Waals surface area contributed by atoms with E-state index in [-0.39, 0.29) is 12.0 Å². The molecule has 8 heteroatoms. The first-order valence-electron chi connectivity index (χ1n) is 13.2. The Morgan fingerprint density at radius 1 is 0.919 bits per heavy atom. The summed E-state index contributed by atoms with van der Waals surface area (Å²) in [7, 11) is 1.65. The van der Waals surface area contributed by atoms with Crippen molar-refractivity contribution < 1.29 is 28.8 Å². The topological polar surface area (TPSA) is 89.5 Å². The van der Waals surface area contributed by atoms with E-state index in [1.54, 1.807) is 12.0 Å². The van der Waals surface area contributed by atoms with Crippen molar-refractivity contribution in [1.82, 2.24) is 10.2 Å². The molecule has 2 N–H and O–H groups in total. The molecule has 37 heavy (non-hydrogen) atoms. The largest absolute Gasteiger partial charge is 0.465 e. The molecular weight excluding hydrogens is 472 g/mol. The van der Waals surface area contributed by atoms with Crippen LogP contribution in [0.25, 0.3) is 11.1 Å². The number of nitrogens with zero attached hydrogens (tertiary/aromatic N) is 1. The SMILES string of the molecule is COCCOCCOCCOCCNC1CCN(C(=O)O)C(C)(C2c3ccccc3-c3ccccc32)C1. The van der Waals surface area contributed by atoms with E-state index < -0.39 is 11.6 Å². The van der Waals surface area contributed by atoms with Gasteiger partial charge in [0.1, 0.15) is 0 Å². The van der Waals surface area contributed by atoms with E-state index in [0.29, 0.717) is 59.3 Å². The number of ether oxygens (including phenoxy) is 4. The molecule has 2 aromatic carbocycles. The van der Waals surface area contributed by atoms with E-state index in [1.807, 2.05) is 0 Å². The molecule has 1 fully saturated rings. The van der Waals surface area contributed by atoms with Gasteiger partial charge in [0.15, 0.2) is 0 Å². The van der Waals surface area contributed by atoms with Crippen LogP contribution in [0.3, 0.4) is 0 Å². The van der Waals surface area contributed by atoms with E-state index >= 15 is 0 Å². The standard InChI is InChI=1S/C29H40N2O6/c1-29(27-25-9-5-3-7-23(25)24-8-4-6-10-26(24)27)21-22(11-13-31(29)28(32)33)30-12-14-35-17-18-37-20-19-36-16-15-34-2/h3-10,22,27,30H,11-21H2,1-2H3,(H,32,33).